The monoisotopic (exact) mass is 378 g/mol. The predicted octanol–water partition coefficient (Wildman–Crippen LogP) is 8.31. The van der Waals surface area contributed by atoms with E-state index in [9.17, 15) is 4.79 Å². The van der Waals surface area contributed by atoms with E-state index in [1.165, 1.54) is 77.0 Å². The van der Waals surface area contributed by atoms with Gasteiger partial charge >= 0.3 is 5.97 Å². The maximum absolute atomic E-state index is 11.6. The highest BCUT2D eigenvalue weighted by atomic mass is 16.5. The molecule has 2 heteroatoms. The summed E-state index contributed by atoms with van der Waals surface area (Å²) in [5, 5.41) is 0. The summed E-state index contributed by atoms with van der Waals surface area (Å²) in [6.45, 7) is 5.08. The van der Waals surface area contributed by atoms with Crippen LogP contribution in [0.15, 0.2) is 24.3 Å². The van der Waals surface area contributed by atoms with Crippen LogP contribution in [0.1, 0.15) is 123 Å². The van der Waals surface area contributed by atoms with Crippen LogP contribution in [0.2, 0.25) is 0 Å². The molecule has 0 aliphatic rings. The number of allylic oxidation sites excluding steroid dienone is 4. The smallest absolute Gasteiger partial charge is 0.305 e. The molecule has 0 saturated carbocycles. The lowest BCUT2D eigenvalue weighted by Crippen LogP contribution is -2.05. The van der Waals surface area contributed by atoms with E-state index in [1.807, 2.05) is 0 Å². The summed E-state index contributed by atoms with van der Waals surface area (Å²) in [6.07, 6.45) is 29.2. The lowest BCUT2D eigenvalue weighted by atomic mass is 10.1. The highest BCUT2D eigenvalue weighted by Crippen LogP contribution is 2.09. The van der Waals surface area contributed by atoms with Crippen molar-refractivity contribution in [1.82, 2.24) is 0 Å². The summed E-state index contributed by atoms with van der Waals surface area (Å²) in [5.41, 5.74) is 0. The summed E-state index contributed by atoms with van der Waals surface area (Å²) in [5.74, 6) is -0.00354. The molecule has 0 N–H and O–H groups in total. The fraction of sp³-hybridized carbons (Fsp3) is 0.800. The SMILES string of the molecule is CCCCC/C=C/C/C=C/CCCCCCCC(=O)OCCCCCCC. The average molecular weight is 379 g/mol. The quantitative estimate of drug-likeness (QED) is 0.121. The predicted molar refractivity (Wildman–Crippen MR) is 119 cm³/mol. The maximum Gasteiger partial charge on any atom is 0.305 e. The minimum Gasteiger partial charge on any atom is -0.466 e. The van der Waals surface area contributed by atoms with E-state index < -0.39 is 0 Å². The van der Waals surface area contributed by atoms with Crippen LogP contribution >= 0.6 is 0 Å². The number of carbonyl (C=O) groups is 1. The van der Waals surface area contributed by atoms with Crippen LogP contribution in [0, 0.1) is 0 Å². The van der Waals surface area contributed by atoms with Gasteiger partial charge in [0.05, 0.1) is 6.61 Å². The van der Waals surface area contributed by atoms with Crippen LogP contribution in [-0.4, -0.2) is 12.6 Å². The number of unbranched alkanes of at least 4 members (excludes halogenated alkanes) is 12. The third kappa shape index (κ3) is 22.9. The molecule has 0 fully saturated rings. The molecule has 0 aliphatic carbocycles. The van der Waals surface area contributed by atoms with Crippen LogP contribution in [0.5, 0.6) is 0 Å². The Kier molecular flexibility index (Phi) is 22.1. The molecule has 0 atom stereocenters. The minimum absolute atomic E-state index is 0.00354. The molecule has 27 heavy (non-hydrogen) atoms. The zero-order chi connectivity index (χ0) is 19.8. The van der Waals surface area contributed by atoms with Crippen molar-refractivity contribution in [2.24, 2.45) is 0 Å². The van der Waals surface area contributed by atoms with Crippen LogP contribution in [-0.2, 0) is 9.53 Å². The first kappa shape index (κ1) is 26.0. The third-order valence-corrected chi connectivity index (χ3v) is 4.84. The van der Waals surface area contributed by atoms with Crippen LogP contribution < -0.4 is 0 Å². The van der Waals surface area contributed by atoms with Gasteiger partial charge in [-0.15, -0.1) is 0 Å². The molecule has 0 amide bonds. The van der Waals surface area contributed by atoms with Crippen molar-refractivity contribution in [3.63, 3.8) is 0 Å². The van der Waals surface area contributed by atoms with Crippen molar-refractivity contribution in [1.29, 1.82) is 0 Å². The number of rotatable bonds is 20. The number of ether oxygens (including phenoxy) is 1. The van der Waals surface area contributed by atoms with Gasteiger partial charge in [0.25, 0.3) is 0 Å². The van der Waals surface area contributed by atoms with Crippen LogP contribution in [0.3, 0.4) is 0 Å². The first-order chi connectivity index (χ1) is 13.3. The molecule has 0 heterocycles. The Hall–Kier alpha value is -1.05. The summed E-state index contributed by atoms with van der Waals surface area (Å²) in [4.78, 5) is 11.6. The minimum atomic E-state index is -0.00354. The topological polar surface area (TPSA) is 26.3 Å². The Morgan fingerprint density at radius 1 is 0.630 bits per heavy atom. The Morgan fingerprint density at radius 2 is 1.15 bits per heavy atom. The third-order valence-electron chi connectivity index (χ3n) is 4.84. The summed E-state index contributed by atoms with van der Waals surface area (Å²) >= 11 is 0. The van der Waals surface area contributed by atoms with Gasteiger partial charge in [-0.05, 0) is 44.9 Å². The molecule has 0 spiro atoms. The van der Waals surface area contributed by atoms with Gasteiger partial charge in [-0.2, -0.15) is 0 Å². The first-order valence-electron chi connectivity index (χ1n) is 11.8. The summed E-state index contributed by atoms with van der Waals surface area (Å²) in [6, 6.07) is 0. The molecule has 0 unspecified atom stereocenters. The lowest BCUT2D eigenvalue weighted by molar-refractivity contribution is -0.143. The number of esters is 1. The molecule has 0 aromatic rings. The first-order valence-corrected chi connectivity index (χ1v) is 11.8. The van der Waals surface area contributed by atoms with E-state index in [0.717, 1.165) is 25.7 Å². The van der Waals surface area contributed by atoms with E-state index in [1.54, 1.807) is 0 Å². The van der Waals surface area contributed by atoms with Gasteiger partial charge in [0.1, 0.15) is 0 Å². The second-order valence-electron chi connectivity index (χ2n) is 7.62. The average Bonchev–Trinajstić information content (AvgIpc) is 2.67. The zero-order valence-corrected chi connectivity index (χ0v) is 18.4. The summed E-state index contributed by atoms with van der Waals surface area (Å²) in [7, 11) is 0. The lowest BCUT2D eigenvalue weighted by Gasteiger charge is -2.05. The fourth-order valence-corrected chi connectivity index (χ4v) is 3.04. The van der Waals surface area contributed by atoms with Crippen molar-refractivity contribution in [2.75, 3.05) is 6.61 Å². The molecule has 0 radical (unpaired) electrons. The van der Waals surface area contributed by atoms with Crippen molar-refractivity contribution in [3.05, 3.63) is 24.3 Å². The molecule has 0 aromatic heterocycles. The van der Waals surface area contributed by atoms with E-state index in [4.69, 9.17) is 4.74 Å². The second-order valence-corrected chi connectivity index (χ2v) is 7.62. The standard InChI is InChI=1S/C25H46O2/c1-3-5-7-9-10-11-12-13-14-15-16-17-18-19-21-23-25(26)27-24-22-20-8-6-4-2/h10-11,13-14H,3-9,12,15-24H2,1-2H3/b11-10+,14-13+. The van der Waals surface area contributed by atoms with E-state index >= 15 is 0 Å². The molecular weight excluding hydrogens is 332 g/mol. The van der Waals surface area contributed by atoms with Gasteiger partial charge in [-0.3, -0.25) is 4.79 Å². The van der Waals surface area contributed by atoms with Gasteiger partial charge in [-0.1, -0.05) is 95.9 Å². The van der Waals surface area contributed by atoms with Gasteiger partial charge < -0.3 is 4.74 Å². The Morgan fingerprint density at radius 3 is 1.85 bits per heavy atom. The molecule has 0 saturated heterocycles. The largest absolute Gasteiger partial charge is 0.466 e. The zero-order valence-electron chi connectivity index (χ0n) is 18.4. The number of hydrogen-bond donors (Lipinski definition) is 0. The summed E-state index contributed by atoms with van der Waals surface area (Å²) < 4.78 is 5.29. The molecule has 0 aromatic carbocycles. The fourth-order valence-electron chi connectivity index (χ4n) is 3.04. The highest BCUT2D eigenvalue weighted by Gasteiger charge is 2.02. The number of hydrogen-bond acceptors (Lipinski definition) is 2. The van der Waals surface area contributed by atoms with Gasteiger partial charge in [0, 0.05) is 6.42 Å². The van der Waals surface area contributed by atoms with Crippen LogP contribution in [0.4, 0.5) is 0 Å². The number of carbonyl (C=O) groups excluding carboxylic acids is 1. The molecule has 0 bridgehead atoms. The van der Waals surface area contributed by atoms with E-state index in [0.29, 0.717) is 13.0 Å². The maximum atomic E-state index is 11.6. The van der Waals surface area contributed by atoms with Crippen molar-refractivity contribution >= 4 is 5.97 Å². The van der Waals surface area contributed by atoms with Crippen LogP contribution in [0.25, 0.3) is 0 Å². The van der Waals surface area contributed by atoms with Gasteiger partial charge in [0.2, 0.25) is 0 Å². The van der Waals surface area contributed by atoms with Gasteiger partial charge in [-0.25, -0.2) is 0 Å². The Bertz CT molecular complexity index is 357. The molecule has 2 nitrogen and oxygen atoms in total. The van der Waals surface area contributed by atoms with Crippen molar-refractivity contribution < 1.29 is 9.53 Å². The second kappa shape index (κ2) is 23.0. The normalized spacial score (nSPS) is 11.6. The Balaban J connectivity index is 3.25. The molecular formula is C25H46O2. The van der Waals surface area contributed by atoms with Gasteiger partial charge in [0.15, 0.2) is 0 Å². The van der Waals surface area contributed by atoms with E-state index in [2.05, 4.69) is 38.2 Å². The molecule has 0 aliphatic heterocycles. The van der Waals surface area contributed by atoms with Crippen molar-refractivity contribution in [2.45, 2.75) is 123 Å². The highest BCUT2D eigenvalue weighted by molar-refractivity contribution is 5.69. The molecule has 0 rings (SSSR count). The van der Waals surface area contributed by atoms with E-state index in [-0.39, 0.29) is 5.97 Å². The molecule has 158 valence electrons. The van der Waals surface area contributed by atoms with Crippen molar-refractivity contribution in [3.8, 4) is 0 Å². The Labute approximate surface area is 169 Å².